The lowest BCUT2D eigenvalue weighted by molar-refractivity contribution is 0.165. The Hall–Kier alpha value is -1.88. The molecule has 0 radical (unpaired) electrons. The molecule has 1 unspecified atom stereocenters. The van der Waals surface area contributed by atoms with Gasteiger partial charge in [-0.15, -0.1) is 0 Å². The molecule has 0 aliphatic carbocycles. The Bertz CT molecular complexity index is 494. The summed E-state index contributed by atoms with van der Waals surface area (Å²) >= 11 is 0. The van der Waals surface area contributed by atoms with Gasteiger partial charge < -0.3 is 14.5 Å². The minimum Gasteiger partial charge on any atom is -0.388 e. The van der Waals surface area contributed by atoms with E-state index in [0.717, 1.165) is 18.7 Å². The molecule has 1 atom stereocenters. The van der Waals surface area contributed by atoms with Gasteiger partial charge >= 0.3 is 0 Å². The van der Waals surface area contributed by atoms with Gasteiger partial charge in [-0.2, -0.15) is 4.98 Å². The van der Waals surface area contributed by atoms with E-state index in [2.05, 4.69) is 10.1 Å². The van der Waals surface area contributed by atoms with Crippen molar-refractivity contribution in [3.63, 3.8) is 0 Å². The number of aliphatic hydroxyl groups is 1. The van der Waals surface area contributed by atoms with Crippen molar-refractivity contribution < 1.29 is 9.63 Å². The summed E-state index contributed by atoms with van der Waals surface area (Å²) < 4.78 is 5.18. The van der Waals surface area contributed by atoms with Crippen molar-refractivity contribution in [3.05, 3.63) is 41.8 Å². The van der Waals surface area contributed by atoms with Crippen LogP contribution in [0.4, 0.5) is 5.95 Å². The molecule has 0 saturated carbocycles. The van der Waals surface area contributed by atoms with E-state index in [-0.39, 0.29) is 0 Å². The lowest BCUT2D eigenvalue weighted by Crippen LogP contribution is -2.23. The summed E-state index contributed by atoms with van der Waals surface area (Å²) in [5, 5.41) is 14.0. The van der Waals surface area contributed by atoms with Crippen LogP contribution in [-0.4, -0.2) is 28.3 Å². The molecule has 2 aromatic rings. The highest BCUT2D eigenvalue weighted by molar-refractivity contribution is 5.27. The number of hydrogen-bond donors (Lipinski definition) is 1. The molecule has 5 heteroatoms. The Morgan fingerprint density at radius 3 is 2.53 bits per heavy atom. The molecule has 5 nitrogen and oxygen atoms in total. The summed E-state index contributed by atoms with van der Waals surface area (Å²) in [6.07, 6.45) is -0.288. The van der Waals surface area contributed by atoms with Crippen molar-refractivity contribution in [2.24, 2.45) is 0 Å². The van der Waals surface area contributed by atoms with E-state index < -0.39 is 6.10 Å². The van der Waals surface area contributed by atoms with Gasteiger partial charge in [-0.05, 0) is 24.6 Å². The van der Waals surface area contributed by atoms with Gasteiger partial charge in [-0.1, -0.05) is 30.3 Å². The molecule has 1 N–H and O–H groups in total. The minimum absolute atomic E-state index is 0.332. The summed E-state index contributed by atoms with van der Waals surface area (Å²) in [7, 11) is 0. The Kier molecular flexibility index (Phi) is 4.52. The van der Waals surface area contributed by atoms with Crippen molar-refractivity contribution in [1.29, 1.82) is 0 Å². The fourth-order valence-electron chi connectivity index (χ4n) is 1.92. The van der Waals surface area contributed by atoms with Gasteiger partial charge in [0.25, 0.3) is 5.95 Å². The standard InChI is InChI=1S/C14H19N3O2/c1-3-17(4-2)14-15-13(19-16-14)10-12(18)11-8-6-5-7-9-11/h5-9,12,18H,3-4,10H2,1-2H3. The number of nitrogens with zero attached hydrogens (tertiary/aromatic N) is 3. The first-order valence-corrected chi connectivity index (χ1v) is 6.55. The molecule has 0 fully saturated rings. The van der Waals surface area contributed by atoms with E-state index in [0.29, 0.717) is 18.3 Å². The third kappa shape index (κ3) is 3.32. The fraction of sp³-hybridized carbons (Fsp3) is 0.429. The van der Waals surface area contributed by atoms with Gasteiger partial charge in [-0.25, -0.2) is 0 Å². The molecule has 2 rings (SSSR count). The van der Waals surface area contributed by atoms with Crippen molar-refractivity contribution in [1.82, 2.24) is 10.1 Å². The molecule has 0 aliphatic heterocycles. The highest BCUT2D eigenvalue weighted by Crippen LogP contribution is 2.18. The fourth-order valence-corrected chi connectivity index (χ4v) is 1.92. The minimum atomic E-state index is -0.619. The monoisotopic (exact) mass is 261 g/mol. The summed E-state index contributed by atoms with van der Waals surface area (Å²) in [5.41, 5.74) is 0.852. The molecule has 19 heavy (non-hydrogen) atoms. The van der Waals surface area contributed by atoms with Crippen LogP contribution in [0.2, 0.25) is 0 Å². The first-order valence-electron chi connectivity index (χ1n) is 6.55. The maximum Gasteiger partial charge on any atom is 0.266 e. The van der Waals surface area contributed by atoms with Crippen LogP contribution in [0.15, 0.2) is 34.9 Å². The summed E-state index contributed by atoms with van der Waals surface area (Å²) in [6, 6.07) is 9.47. The van der Waals surface area contributed by atoms with Crippen LogP contribution in [0.1, 0.15) is 31.4 Å². The molecular weight excluding hydrogens is 242 g/mol. The molecule has 0 aliphatic rings. The Morgan fingerprint density at radius 1 is 1.21 bits per heavy atom. The average molecular weight is 261 g/mol. The van der Waals surface area contributed by atoms with Gasteiger partial charge in [0.15, 0.2) is 0 Å². The molecule has 1 aromatic heterocycles. The highest BCUT2D eigenvalue weighted by Gasteiger charge is 2.15. The first kappa shape index (κ1) is 13.5. The zero-order chi connectivity index (χ0) is 13.7. The summed E-state index contributed by atoms with van der Waals surface area (Å²) in [4.78, 5) is 6.31. The largest absolute Gasteiger partial charge is 0.388 e. The van der Waals surface area contributed by atoms with Crippen molar-refractivity contribution >= 4 is 5.95 Å². The lowest BCUT2D eigenvalue weighted by atomic mass is 10.1. The SMILES string of the molecule is CCN(CC)c1noc(CC(O)c2ccccc2)n1. The zero-order valence-corrected chi connectivity index (χ0v) is 11.3. The van der Waals surface area contributed by atoms with Crippen LogP contribution in [0.25, 0.3) is 0 Å². The number of hydrogen-bond acceptors (Lipinski definition) is 5. The number of aromatic nitrogens is 2. The van der Waals surface area contributed by atoms with Gasteiger partial charge in [0.05, 0.1) is 12.5 Å². The van der Waals surface area contributed by atoms with E-state index in [1.807, 2.05) is 49.1 Å². The Morgan fingerprint density at radius 2 is 1.89 bits per heavy atom. The number of anilines is 1. The number of aliphatic hydroxyl groups excluding tert-OH is 1. The second-order valence-electron chi connectivity index (χ2n) is 4.29. The molecule has 1 aromatic carbocycles. The Labute approximate surface area is 112 Å². The first-order chi connectivity index (χ1) is 9.24. The van der Waals surface area contributed by atoms with Crippen LogP contribution in [0, 0.1) is 0 Å². The average Bonchev–Trinajstić information content (AvgIpc) is 2.89. The van der Waals surface area contributed by atoms with E-state index in [9.17, 15) is 5.11 Å². The second kappa shape index (κ2) is 6.33. The normalized spacial score (nSPS) is 12.4. The van der Waals surface area contributed by atoms with Crippen molar-refractivity contribution in [2.45, 2.75) is 26.4 Å². The summed E-state index contributed by atoms with van der Waals surface area (Å²) in [5.74, 6) is 1.04. The molecule has 1 heterocycles. The van der Waals surface area contributed by atoms with Gasteiger partial charge in [-0.3, -0.25) is 0 Å². The third-order valence-corrected chi connectivity index (χ3v) is 3.06. The van der Waals surface area contributed by atoms with Crippen molar-refractivity contribution in [3.8, 4) is 0 Å². The maximum absolute atomic E-state index is 10.1. The molecule has 0 spiro atoms. The van der Waals surface area contributed by atoms with Crippen LogP contribution >= 0.6 is 0 Å². The molecule has 0 bridgehead atoms. The van der Waals surface area contributed by atoms with Crippen molar-refractivity contribution in [2.75, 3.05) is 18.0 Å². The smallest absolute Gasteiger partial charge is 0.266 e. The zero-order valence-electron chi connectivity index (χ0n) is 11.3. The Balaban J connectivity index is 2.04. The number of rotatable bonds is 6. The highest BCUT2D eigenvalue weighted by atomic mass is 16.5. The van der Waals surface area contributed by atoms with Gasteiger partial charge in [0.1, 0.15) is 0 Å². The van der Waals surface area contributed by atoms with Crippen LogP contribution in [-0.2, 0) is 6.42 Å². The lowest BCUT2D eigenvalue weighted by Gasteiger charge is -2.14. The topological polar surface area (TPSA) is 62.4 Å². The summed E-state index contributed by atoms with van der Waals surface area (Å²) in [6.45, 7) is 5.74. The van der Waals surface area contributed by atoms with Crippen LogP contribution < -0.4 is 4.90 Å². The van der Waals surface area contributed by atoms with E-state index in [1.165, 1.54) is 0 Å². The number of benzene rings is 1. The predicted octanol–water partition coefficient (Wildman–Crippen LogP) is 2.19. The van der Waals surface area contributed by atoms with Gasteiger partial charge in [0.2, 0.25) is 5.89 Å². The molecular formula is C14H19N3O2. The van der Waals surface area contributed by atoms with E-state index in [1.54, 1.807) is 0 Å². The predicted molar refractivity (Wildman–Crippen MR) is 73.0 cm³/mol. The molecule has 0 amide bonds. The van der Waals surface area contributed by atoms with E-state index >= 15 is 0 Å². The second-order valence-corrected chi connectivity index (χ2v) is 4.29. The van der Waals surface area contributed by atoms with Crippen LogP contribution in [0.3, 0.4) is 0 Å². The van der Waals surface area contributed by atoms with Crippen LogP contribution in [0.5, 0.6) is 0 Å². The quantitative estimate of drug-likeness (QED) is 0.863. The van der Waals surface area contributed by atoms with Gasteiger partial charge in [0, 0.05) is 13.1 Å². The molecule has 0 saturated heterocycles. The molecule has 102 valence electrons. The van der Waals surface area contributed by atoms with E-state index in [4.69, 9.17) is 4.52 Å². The third-order valence-electron chi connectivity index (χ3n) is 3.06. The maximum atomic E-state index is 10.1.